The fourth-order valence-electron chi connectivity index (χ4n) is 0.313. The maximum absolute atomic E-state index is 8.78. The van der Waals surface area contributed by atoms with E-state index >= 15 is 0 Å². The zero-order valence-electron chi connectivity index (χ0n) is 4.70. The van der Waals surface area contributed by atoms with Gasteiger partial charge in [-0.05, 0) is 12.1 Å². The molecule has 1 heterocycles. The average molecular weight is 158 g/mol. The SMILES string of the molecule is [O]=[Al][Cl].c1ccncc1. The van der Waals surface area contributed by atoms with Crippen LogP contribution in [0.25, 0.3) is 0 Å². The molecule has 0 saturated carbocycles. The van der Waals surface area contributed by atoms with Gasteiger partial charge in [0.1, 0.15) is 0 Å². The number of hydrogen-bond donors (Lipinski definition) is 0. The van der Waals surface area contributed by atoms with Crippen molar-refractivity contribution >= 4 is 24.3 Å². The van der Waals surface area contributed by atoms with Gasteiger partial charge < -0.3 is 0 Å². The molecule has 0 spiro atoms. The summed E-state index contributed by atoms with van der Waals surface area (Å²) in [6.45, 7) is 0. The minimum absolute atomic E-state index is 1.03. The van der Waals surface area contributed by atoms with Gasteiger partial charge in [-0.1, -0.05) is 6.07 Å². The van der Waals surface area contributed by atoms with Gasteiger partial charge in [0.2, 0.25) is 0 Å². The normalized spacial score (nSPS) is 6.33. The Labute approximate surface area is 64.0 Å². The van der Waals surface area contributed by atoms with E-state index in [1.807, 2.05) is 18.2 Å². The van der Waals surface area contributed by atoms with Crippen molar-refractivity contribution in [1.29, 1.82) is 0 Å². The molecule has 0 radical (unpaired) electrons. The largest absolute Gasteiger partial charge is 0.265 e. The van der Waals surface area contributed by atoms with E-state index in [-0.39, 0.29) is 0 Å². The zero-order chi connectivity index (χ0) is 6.95. The third-order valence-corrected chi connectivity index (χ3v) is 0.566. The number of hydrogen-bond acceptors (Lipinski definition) is 2. The Morgan fingerprint density at radius 1 is 1.22 bits per heavy atom. The summed E-state index contributed by atoms with van der Waals surface area (Å²) in [5.41, 5.74) is 0. The standard InChI is InChI=1S/C5H5N.Al.ClH.O/c1-2-4-6-5-3-1;;;/h1-5H;;1H;/q;+1;;/p-1. The van der Waals surface area contributed by atoms with E-state index in [9.17, 15) is 0 Å². The molecule has 46 valence electrons. The molecule has 1 rings (SSSR count). The number of nitrogens with zero attached hydrogens (tertiary/aromatic N) is 1. The molecule has 0 fully saturated rings. The van der Waals surface area contributed by atoms with Gasteiger partial charge in [0, 0.05) is 12.4 Å². The Morgan fingerprint density at radius 2 is 1.67 bits per heavy atom. The van der Waals surface area contributed by atoms with E-state index in [0.29, 0.717) is 0 Å². The van der Waals surface area contributed by atoms with E-state index in [2.05, 4.69) is 15.0 Å². The van der Waals surface area contributed by atoms with Crippen molar-refractivity contribution in [3.63, 3.8) is 0 Å². The predicted molar refractivity (Wildman–Crippen MR) is 36.5 cm³/mol. The smallest absolute Gasteiger partial charge is 0.0267 e. The van der Waals surface area contributed by atoms with Crippen LogP contribution in [-0.2, 0) is 3.80 Å². The third-order valence-electron chi connectivity index (χ3n) is 0.566. The van der Waals surface area contributed by atoms with E-state index in [1.54, 1.807) is 12.4 Å². The van der Waals surface area contributed by atoms with Gasteiger partial charge in [-0.2, -0.15) is 0 Å². The molecule has 0 saturated heterocycles. The summed E-state index contributed by atoms with van der Waals surface area (Å²) in [6.07, 6.45) is 3.50. The second-order valence-electron chi connectivity index (χ2n) is 1.11. The van der Waals surface area contributed by atoms with Crippen LogP contribution in [0.4, 0.5) is 0 Å². The van der Waals surface area contributed by atoms with Crippen molar-refractivity contribution < 1.29 is 3.80 Å². The van der Waals surface area contributed by atoms with Crippen LogP contribution in [0.15, 0.2) is 30.6 Å². The van der Waals surface area contributed by atoms with Gasteiger partial charge in [-0.25, -0.2) is 0 Å². The van der Waals surface area contributed by atoms with Gasteiger partial charge in [0.05, 0.1) is 0 Å². The Kier molecular flexibility index (Phi) is 7.58. The van der Waals surface area contributed by atoms with Crippen molar-refractivity contribution in [2.24, 2.45) is 0 Å². The molecule has 0 N–H and O–H groups in total. The van der Waals surface area contributed by atoms with Crippen LogP contribution < -0.4 is 0 Å². The molecule has 4 heteroatoms. The van der Waals surface area contributed by atoms with Gasteiger partial charge in [0.15, 0.2) is 0 Å². The number of aromatic nitrogens is 1. The van der Waals surface area contributed by atoms with Crippen LogP contribution in [0.5, 0.6) is 0 Å². The van der Waals surface area contributed by atoms with E-state index in [0.717, 1.165) is 0 Å². The molecular weight excluding hydrogens is 152 g/mol. The van der Waals surface area contributed by atoms with Crippen LogP contribution >= 0.6 is 10.0 Å². The summed E-state index contributed by atoms with van der Waals surface area (Å²) in [5.74, 6) is 0. The first kappa shape index (κ1) is 8.77. The second kappa shape index (κ2) is 7.77. The van der Waals surface area contributed by atoms with Crippen LogP contribution in [0.1, 0.15) is 0 Å². The Bertz CT molecular complexity index is 120. The minimum atomic E-state index is -1.03. The van der Waals surface area contributed by atoms with Gasteiger partial charge >= 0.3 is 28.1 Å². The molecule has 0 atom stereocenters. The molecule has 0 aromatic carbocycles. The van der Waals surface area contributed by atoms with Crippen molar-refractivity contribution in [1.82, 2.24) is 4.98 Å². The maximum Gasteiger partial charge on any atom is 0.0267 e. The van der Waals surface area contributed by atoms with E-state index in [4.69, 9.17) is 3.80 Å². The quantitative estimate of drug-likeness (QED) is 0.531. The molecule has 1 aromatic rings. The fraction of sp³-hybridized carbons (Fsp3) is 0. The first-order chi connectivity index (χ1) is 4.41. The summed E-state index contributed by atoms with van der Waals surface area (Å²) in [4.78, 5) is 3.78. The number of pyridine rings is 1. The first-order valence-corrected chi connectivity index (χ1v) is 4.52. The predicted octanol–water partition coefficient (Wildman–Crippen LogP) is 1.27. The molecule has 0 aliphatic heterocycles. The van der Waals surface area contributed by atoms with Crippen LogP contribution in [0, 0.1) is 0 Å². The van der Waals surface area contributed by atoms with Crippen LogP contribution in [0.3, 0.4) is 0 Å². The van der Waals surface area contributed by atoms with Gasteiger partial charge in [-0.15, -0.1) is 0 Å². The summed E-state index contributed by atoms with van der Waals surface area (Å²) in [5, 5.41) is 0. The summed E-state index contributed by atoms with van der Waals surface area (Å²) in [6, 6.07) is 5.72. The monoisotopic (exact) mass is 157 g/mol. The Balaban J connectivity index is 0.000000187. The molecule has 0 aliphatic carbocycles. The first-order valence-electron chi connectivity index (χ1n) is 2.30. The number of rotatable bonds is 0. The van der Waals surface area contributed by atoms with E-state index in [1.165, 1.54) is 0 Å². The average Bonchev–Trinajstić information content (AvgIpc) is 1.93. The fourth-order valence-corrected chi connectivity index (χ4v) is 0.313. The molecule has 9 heavy (non-hydrogen) atoms. The zero-order valence-corrected chi connectivity index (χ0v) is 6.61. The number of halogens is 1. The molecule has 0 amide bonds. The Hall–Kier alpha value is -0.228. The third kappa shape index (κ3) is 7.77. The molecular formula is C5H5AlClNO. The molecule has 1 aromatic heterocycles. The molecule has 0 bridgehead atoms. The van der Waals surface area contributed by atoms with Crippen molar-refractivity contribution in [2.75, 3.05) is 0 Å². The van der Waals surface area contributed by atoms with Crippen molar-refractivity contribution in [2.45, 2.75) is 0 Å². The maximum atomic E-state index is 8.78. The van der Waals surface area contributed by atoms with Crippen LogP contribution in [0.2, 0.25) is 0 Å². The van der Waals surface area contributed by atoms with Gasteiger partial charge in [-0.3, -0.25) is 4.98 Å². The Morgan fingerprint density at radius 3 is 1.78 bits per heavy atom. The summed E-state index contributed by atoms with van der Waals surface area (Å²) < 4.78 is 8.78. The second-order valence-corrected chi connectivity index (χ2v) is 1.83. The van der Waals surface area contributed by atoms with Gasteiger partial charge in [0.25, 0.3) is 0 Å². The summed E-state index contributed by atoms with van der Waals surface area (Å²) in [7, 11) is 4.53. The topological polar surface area (TPSA) is 30.0 Å². The summed E-state index contributed by atoms with van der Waals surface area (Å²) >= 11 is -1.03. The molecule has 0 aliphatic rings. The minimum Gasteiger partial charge on any atom is -0.265 e. The van der Waals surface area contributed by atoms with E-state index < -0.39 is 14.2 Å². The molecule has 2 nitrogen and oxygen atoms in total. The van der Waals surface area contributed by atoms with Crippen LogP contribution in [-0.4, -0.2) is 19.2 Å². The van der Waals surface area contributed by atoms with Crippen molar-refractivity contribution in [3.8, 4) is 0 Å². The molecule has 0 unspecified atom stereocenters. The van der Waals surface area contributed by atoms with Crippen molar-refractivity contribution in [3.05, 3.63) is 30.6 Å².